The van der Waals surface area contributed by atoms with Gasteiger partial charge in [0.05, 0.1) is 0 Å². The van der Waals surface area contributed by atoms with Crippen molar-refractivity contribution in [2.75, 3.05) is 39.3 Å². The first-order valence-corrected chi connectivity index (χ1v) is 10.0. The Kier molecular flexibility index (Phi) is 5.42. The second-order valence-corrected chi connectivity index (χ2v) is 7.47. The summed E-state index contributed by atoms with van der Waals surface area (Å²) in [4.78, 5) is 5.07. The summed E-state index contributed by atoms with van der Waals surface area (Å²) in [5, 5.41) is 8.77. The van der Waals surface area contributed by atoms with Gasteiger partial charge in [-0.25, -0.2) is 0 Å². The Bertz CT molecular complexity index is 893. The molecule has 1 aliphatic heterocycles. The number of nitrogens with zero attached hydrogens (tertiary/aromatic N) is 2. The topological polar surface area (TPSA) is 18.5 Å². The Balaban J connectivity index is 1.59. The lowest BCUT2D eigenvalue weighted by Gasteiger charge is -2.31. The first-order chi connectivity index (χ1) is 13.2. The minimum Gasteiger partial charge on any atom is -0.386 e. The van der Waals surface area contributed by atoms with Crippen LogP contribution in [0.3, 0.4) is 0 Å². The predicted molar refractivity (Wildman–Crippen MR) is 116 cm³/mol. The SMILES string of the molecule is C=C1CN(CCN(CC)Cc2c3ccccc3cc3ccccc23)CCN1. The molecule has 1 aliphatic rings. The van der Waals surface area contributed by atoms with Crippen LogP contribution >= 0.6 is 0 Å². The van der Waals surface area contributed by atoms with Gasteiger partial charge in [-0.3, -0.25) is 9.80 Å². The fourth-order valence-electron chi connectivity index (χ4n) is 4.12. The Morgan fingerprint density at radius 2 is 1.70 bits per heavy atom. The molecule has 3 heteroatoms. The highest BCUT2D eigenvalue weighted by molar-refractivity contribution is 6.02. The monoisotopic (exact) mass is 359 g/mol. The molecule has 1 fully saturated rings. The molecule has 0 saturated carbocycles. The van der Waals surface area contributed by atoms with E-state index < -0.39 is 0 Å². The summed E-state index contributed by atoms with van der Waals surface area (Å²) in [6.07, 6.45) is 0. The Morgan fingerprint density at radius 1 is 1.04 bits per heavy atom. The average molecular weight is 360 g/mol. The van der Waals surface area contributed by atoms with E-state index in [9.17, 15) is 0 Å². The molecule has 1 saturated heterocycles. The van der Waals surface area contributed by atoms with Crippen LogP contribution in [0.1, 0.15) is 12.5 Å². The van der Waals surface area contributed by atoms with E-state index in [0.29, 0.717) is 0 Å². The van der Waals surface area contributed by atoms with E-state index in [0.717, 1.165) is 51.5 Å². The lowest BCUT2D eigenvalue weighted by Crippen LogP contribution is -2.44. The standard InChI is InChI=1S/C24H29N3/c1-3-26(14-15-27-13-12-25-19(2)17-27)18-24-22-10-6-4-8-20(22)16-21-9-5-7-11-23(21)24/h4-11,16,25H,2-3,12-15,17-18H2,1H3. The van der Waals surface area contributed by atoms with Crippen molar-refractivity contribution in [1.82, 2.24) is 15.1 Å². The van der Waals surface area contributed by atoms with E-state index in [4.69, 9.17) is 0 Å². The zero-order chi connectivity index (χ0) is 18.6. The number of hydrogen-bond acceptors (Lipinski definition) is 3. The fraction of sp³-hybridized carbons (Fsp3) is 0.333. The molecular weight excluding hydrogens is 330 g/mol. The van der Waals surface area contributed by atoms with Crippen molar-refractivity contribution >= 4 is 21.5 Å². The van der Waals surface area contributed by atoms with E-state index >= 15 is 0 Å². The largest absolute Gasteiger partial charge is 0.386 e. The second kappa shape index (κ2) is 8.12. The maximum atomic E-state index is 4.08. The number of fused-ring (bicyclic) bond motifs is 2. The molecule has 1 N–H and O–H groups in total. The lowest BCUT2D eigenvalue weighted by molar-refractivity contribution is 0.202. The summed E-state index contributed by atoms with van der Waals surface area (Å²) in [6.45, 7) is 13.7. The minimum atomic E-state index is 0.967. The number of hydrogen-bond donors (Lipinski definition) is 1. The molecule has 27 heavy (non-hydrogen) atoms. The lowest BCUT2D eigenvalue weighted by atomic mass is 9.96. The first kappa shape index (κ1) is 18.0. The zero-order valence-corrected chi connectivity index (χ0v) is 16.2. The number of likely N-dealkylation sites (N-methyl/N-ethyl adjacent to an activating group) is 1. The van der Waals surface area contributed by atoms with Crippen molar-refractivity contribution in [2.45, 2.75) is 13.5 Å². The molecule has 0 radical (unpaired) electrons. The highest BCUT2D eigenvalue weighted by Gasteiger charge is 2.15. The van der Waals surface area contributed by atoms with Crippen LogP contribution < -0.4 is 5.32 Å². The Labute approximate surface area is 162 Å². The Morgan fingerprint density at radius 3 is 2.33 bits per heavy atom. The first-order valence-electron chi connectivity index (χ1n) is 10.0. The highest BCUT2D eigenvalue weighted by Crippen LogP contribution is 2.29. The van der Waals surface area contributed by atoms with Gasteiger partial charge >= 0.3 is 0 Å². The summed E-state index contributed by atoms with van der Waals surface area (Å²) in [5.74, 6) is 0. The second-order valence-electron chi connectivity index (χ2n) is 7.47. The van der Waals surface area contributed by atoms with E-state index in [1.165, 1.54) is 27.1 Å². The van der Waals surface area contributed by atoms with E-state index in [2.05, 4.69) is 83.2 Å². The maximum Gasteiger partial charge on any atom is 0.0377 e. The number of rotatable bonds is 6. The normalized spacial score (nSPS) is 15.6. The van der Waals surface area contributed by atoms with Crippen molar-refractivity contribution in [3.63, 3.8) is 0 Å². The zero-order valence-electron chi connectivity index (χ0n) is 16.2. The van der Waals surface area contributed by atoms with Crippen LogP contribution in [0.15, 0.2) is 66.9 Å². The number of piperazine rings is 1. The summed E-state index contributed by atoms with van der Waals surface area (Å²) in [6, 6.07) is 19.9. The van der Waals surface area contributed by atoms with Crippen LogP contribution in [0.5, 0.6) is 0 Å². The average Bonchev–Trinajstić information content (AvgIpc) is 2.70. The van der Waals surface area contributed by atoms with Crippen LogP contribution in [0.4, 0.5) is 0 Å². The maximum absolute atomic E-state index is 4.08. The highest BCUT2D eigenvalue weighted by atomic mass is 15.2. The smallest absolute Gasteiger partial charge is 0.0377 e. The van der Waals surface area contributed by atoms with Crippen LogP contribution in [0, 0.1) is 0 Å². The molecule has 3 nitrogen and oxygen atoms in total. The van der Waals surface area contributed by atoms with Crippen LogP contribution in [-0.4, -0.2) is 49.1 Å². The van der Waals surface area contributed by atoms with Gasteiger partial charge in [-0.2, -0.15) is 0 Å². The molecule has 0 unspecified atom stereocenters. The third-order valence-corrected chi connectivity index (χ3v) is 5.66. The quantitative estimate of drug-likeness (QED) is 0.664. The number of benzene rings is 3. The van der Waals surface area contributed by atoms with Crippen LogP contribution in [-0.2, 0) is 6.54 Å². The molecule has 1 heterocycles. The van der Waals surface area contributed by atoms with E-state index in [-0.39, 0.29) is 0 Å². The van der Waals surface area contributed by atoms with Gasteiger partial charge in [0, 0.05) is 45.0 Å². The molecule has 0 aliphatic carbocycles. The van der Waals surface area contributed by atoms with Gasteiger partial charge in [-0.05, 0) is 39.7 Å². The van der Waals surface area contributed by atoms with Crippen molar-refractivity contribution in [3.05, 3.63) is 72.4 Å². The van der Waals surface area contributed by atoms with Gasteiger partial charge in [0.15, 0.2) is 0 Å². The fourth-order valence-corrected chi connectivity index (χ4v) is 4.12. The van der Waals surface area contributed by atoms with E-state index in [1.807, 2.05) is 0 Å². The third kappa shape index (κ3) is 4.00. The van der Waals surface area contributed by atoms with Gasteiger partial charge in [-0.15, -0.1) is 0 Å². The molecular formula is C24H29N3. The molecule has 140 valence electrons. The Hall–Kier alpha value is -2.36. The van der Waals surface area contributed by atoms with Crippen molar-refractivity contribution in [1.29, 1.82) is 0 Å². The molecule has 0 spiro atoms. The van der Waals surface area contributed by atoms with Gasteiger partial charge in [0.1, 0.15) is 0 Å². The van der Waals surface area contributed by atoms with Gasteiger partial charge in [-0.1, -0.05) is 62.0 Å². The van der Waals surface area contributed by atoms with Crippen molar-refractivity contribution in [3.8, 4) is 0 Å². The molecule has 4 rings (SSSR count). The molecule has 0 amide bonds. The summed E-state index contributed by atoms with van der Waals surface area (Å²) in [5.41, 5.74) is 2.60. The van der Waals surface area contributed by atoms with Gasteiger partial charge in [0.2, 0.25) is 0 Å². The van der Waals surface area contributed by atoms with Gasteiger partial charge < -0.3 is 5.32 Å². The number of nitrogens with one attached hydrogen (secondary N) is 1. The van der Waals surface area contributed by atoms with E-state index in [1.54, 1.807) is 0 Å². The molecule has 0 bridgehead atoms. The predicted octanol–water partition coefficient (Wildman–Crippen LogP) is 4.23. The summed E-state index contributed by atoms with van der Waals surface area (Å²) in [7, 11) is 0. The van der Waals surface area contributed by atoms with Gasteiger partial charge in [0.25, 0.3) is 0 Å². The van der Waals surface area contributed by atoms with Crippen molar-refractivity contribution < 1.29 is 0 Å². The molecule has 3 aromatic carbocycles. The summed E-state index contributed by atoms with van der Waals surface area (Å²) >= 11 is 0. The summed E-state index contributed by atoms with van der Waals surface area (Å²) < 4.78 is 0. The minimum absolute atomic E-state index is 0.967. The molecule has 0 aromatic heterocycles. The van der Waals surface area contributed by atoms with Crippen LogP contribution in [0.2, 0.25) is 0 Å². The molecule has 3 aromatic rings. The van der Waals surface area contributed by atoms with Crippen molar-refractivity contribution in [2.24, 2.45) is 0 Å². The third-order valence-electron chi connectivity index (χ3n) is 5.66. The van der Waals surface area contributed by atoms with Crippen LogP contribution in [0.25, 0.3) is 21.5 Å². The molecule has 0 atom stereocenters.